The number of nitrogens with one attached hydrogen (secondary N) is 2. The monoisotopic (exact) mass is 289 g/mol. The molecule has 1 fully saturated rings. The predicted molar refractivity (Wildman–Crippen MR) is 85.9 cm³/mol. The van der Waals surface area contributed by atoms with Gasteiger partial charge in [-0.2, -0.15) is 0 Å². The topological polar surface area (TPSA) is 67.1 Å². The first kappa shape index (κ1) is 15.8. The van der Waals surface area contributed by atoms with E-state index in [9.17, 15) is 4.79 Å². The molecule has 116 valence electrons. The maximum Gasteiger partial charge on any atom is 0.315 e. The van der Waals surface area contributed by atoms with Crippen LogP contribution >= 0.6 is 0 Å². The molecule has 1 aliphatic rings. The number of benzene rings is 1. The Bertz CT molecular complexity index is 425. The Morgan fingerprint density at radius 1 is 1.05 bits per heavy atom. The number of hydrogen-bond acceptors (Lipinski definition) is 2. The van der Waals surface area contributed by atoms with E-state index in [-0.39, 0.29) is 11.6 Å². The van der Waals surface area contributed by atoms with E-state index < -0.39 is 0 Å². The van der Waals surface area contributed by atoms with Crippen molar-refractivity contribution in [1.82, 2.24) is 10.6 Å². The number of nitrogens with two attached hydrogens (primary N) is 1. The summed E-state index contributed by atoms with van der Waals surface area (Å²) >= 11 is 0. The molecule has 1 aromatic rings. The number of amides is 2. The van der Waals surface area contributed by atoms with Gasteiger partial charge in [0.25, 0.3) is 0 Å². The van der Waals surface area contributed by atoms with Gasteiger partial charge in [0, 0.05) is 13.1 Å². The molecule has 0 unspecified atom stereocenters. The van der Waals surface area contributed by atoms with Gasteiger partial charge in [-0.15, -0.1) is 0 Å². The van der Waals surface area contributed by atoms with E-state index in [4.69, 9.17) is 5.73 Å². The van der Waals surface area contributed by atoms with Crippen LogP contribution in [0, 0.1) is 0 Å². The Morgan fingerprint density at radius 3 is 2.29 bits per heavy atom. The van der Waals surface area contributed by atoms with Crippen molar-refractivity contribution in [3.8, 4) is 0 Å². The molecule has 0 aliphatic heterocycles. The lowest BCUT2D eigenvalue weighted by Gasteiger charge is -2.35. The minimum atomic E-state index is -0.221. The lowest BCUT2D eigenvalue weighted by Crippen LogP contribution is -2.56. The smallest absolute Gasteiger partial charge is 0.315 e. The van der Waals surface area contributed by atoms with Crippen LogP contribution in [0.3, 0.4) is 0 Å². The molecule has 21 heavy (non-hydrogen) atoms. The van der Waals surface area contributed by atoms with Crippen LogP contribution < -0.4 is 16.4 Å². The van der Waals surface area contributed by atoms with Gasteiger partial charge >= 0.3 is 6.03 Å². The van der Waals surface area contributed by atoms with Gasteiger partial charge in [-0.3, -0.25) is 0 Å². The van der Waals surface area contributed by atoms with Crippen molar-refractivity contribution in [1.29, 1.82) is 0 Å². The van der Waals surface area contributed by atoms with Gasteiger partial charge in [0.05, 0.1) is 5.54 Å². The van der Waals surface area contributed by atoms with Gasteiger partial charge in [-0.05, 0) is 18.4 Å². The third kappa shape index (κ3) is 5.05. The fourth-order valence-electron chi connectivity index (χ4n) is 3.03. The molecule has 4 heteroatoms. The average molecular weight is 289 g/mol. The second-order valence-electron chi connectivity index (χ2n) is 6.05. The Labute approximate surface area is 127 Å². The summed E-state index contributed by atoms with van der Waals surface area (Å²) in [5.74, 6) is 0. The highest BCUT2D eigenvalue weighted by molar-refractivity contribution is 5.74. The predicted octanol–water partition coefficient (Wildman–Crippen LogP) is 2.93. The van der Waals surface area contributed by atoms with E-state index in [1.807, 2.05) is 30.3 Å². The molecule has 2 amide bonds. The zero-order valence-electron chi connectivity index (χ0n) is 12.7. The van der Waals surface area contributed by atoms with E-state index in [0.29, 0.717) is 13.1 Å². The molecule has 1 aliphatic carbocycles. The molecule has 0 radical (unpaired) electrons. The standard InChI is InChI=1S/C17H27N3O/c18-14-17(11-7-2-1-3-8-12-17)20-16(21)19-13-15-9-5-4-6-10-15/h4-6,9-10H,1-3,7-8,11-14,18H2,(H2,19,20,21). The van der Waals surface area contributed by atoms with Crippen LogP contribution in [0.25, 0.3) is 0 Å². The van der Waals surface area contributed by atoms with Crippen molar-refractivity contribution in [2.45, 2.75) is 57.0 Å². The molecule has 2 rings (SSSR count). The van der Waals surface area contributed by atoms with E-state index in [1.54, 1.807) is 0 Å². The second-order valence-corrected chi connectivity index (χ2v) is 6.05. The molecule has 0 heterocycles. The quantitative estimate of drug-likeness (QED) is 0.798. The van der Waals surface area contributed by atoms with Crippen molar-refractivity contribution in [2.24, 2.45) is 5.73 Å². The summed E-state index contributed by atoms with van der Waals surface area (Å²) in [5, 5.41) is 6.08. The van der Waals surface area contributed by atoms with Crippen LogP contribution in [0.5, 0.6) is 0 Å². The highest BCUT2D eigenvalue weighted by atomic mass is 16.2. The fraction of sp³-hybridized carbons (Fsp3) is 0.588. The molecular formula is C17H27N3O. The largest absolute Gasteiger partial charge is 0.334 e. The molecule has 4 N–H and O–H groups in total. The average Bonchev–Trinajstić information content (AvgIpc) is 2.49. The van der Waals surface area contributed by atoms with E-state index in [2.05, 4.69) is 10.6 Å². The molecule has 0 atom stereocenters. The summed E-state index contributed by atoms with van der Waals surface area (Å²) in [4.78, 5) is 12.2. The van der Waals surface area contributed by atoms with Crippen LogP contribution in [0.1, 0.15) is 50.5 Å². The Morgan fingerprint density at radius 2 is 1.67 bits per heavy atom. The Hall–Kier alpha value is -1.55. The molecule has 0 saturated heterocycles. The molecular weight excluding hydrogens is 262 g/mol. The zero-order chi connectivity index (χ0) is 15.0. The highest BCUT2D eigenvalue weighted by Crippen LogP contribution is 2.25. The molecule has 0 bridgehead atoms. The summed E-state index contributed by atoms with van der Waals surface area (Å²) in [6.07, 6.45) is 8.07. The van der Waals surface area contributed by atoms with Gasteiger partial charge in [0.15, 0.2) is 0 Å². The van der Waals surface area contributed by atoms with Crippen molar-refractivity contribution in [3.05, 3.63) is 35.9 Å². The van der Waals surface area contributed by atoms with Crippen LogP contribution in [0.2, 0.25) is 0 Å². The number of carbonyl (C=O) groups is 1. The van der Waals surface area contributed by atoms with Gasteiger partial charge in [-0.1, -0.05) is 62.4 Å². The summed E-state index contributed by atoms with van der Waals surface area (Å²) in [6, 6.07) is 9.84. The summed E-state index contributed by atoms with van der Waals surface area (Å²) in [6.45, 7) is 1.07. The second kappa shape index (κ2) is 8.03. The molecule has 0 aromatic heterocycles. The van der Waals surface area contributed by atoms with Gasteiger partial charge < -0.3 is 16.4 Å². The van der Waals surface area contributed by atoms with Crippen molar-refractivity contribution < 1.29 is 4.79 Å². The first-order valence-corrected chi connectivity index (χ1v) is 8.04. The molecule has 4 nitrogen and oxygen atoms in total. The first-order valence-electron chi connectivity index (χ1n) is 8.04. The third-order valence-corrected chi connectivity index (χ3v) is 4.38. The Balaban J connectivity index is 1.86. The van der Waals surface area contributed by atoms with Crippen LogP contribution in [-0.2, 0) is 6.54 Å². The van der Waals surface area contributed by atoms with E-state index in [1.165, 1.54) is 19.3 Å². The first-order chi connectivity index (χ1) is 10.2. The van der Waals surface area contributed by atoms with Crippen LogP contribution in [-0.4, -0.2) is 18.1 Å². The molecule has 0 spiro atoms. The SMILES string of the molecule is NCC1(NC(=O)NCc2ccccc2)CCCCCCC1. The zero-order valence-corrected chi connectivity index (χ0v) is 12.7. The normalized spacial score (nSPS) is 18.3. The van der Waals surface area contributed by atoms with Gasteiger partial charge in [0.2, 0.25) is 0 Å². The maximum absolute atomic E-state index is 12.2. The summed E-state index contributed by atoms with van der Waals surface area (Å²) in [7, 11) is 0. The van der Waals surface area contributed by atoms with E-state index in [0.717, 1.165) is 31.2 Å². The maximum atomic E-state index is 12.2. The van der Waals surface area contributed by atoms with Crippen molar-refractivity contribution in [2.75, 3.05) is 6.54 Å². The number of rotatable bonds is 4. The summed E-state index contributed by atoms with van der Waals surface area (Å²) in [5.41, 5.74) is 6.85. The minimum Gasteiger partial charge on any atom is -0.334 e. The van der Waals surface area contributed by atoms with Crippen LogP contribution in [0.15, 0.2) is 30.3 Å². The summed E-state index contributed by atoms with van der Waals surface area (Å²) < 4.78 is 0. The molecule has 1 aromatic carbocycles. The lowest BCUT2D eigenvalue weighted by molar-refractivity contribution is 0.211. The van der Waals surface area contributed by atoms with Crippen molar-refractivity contribution in [3.63, 3.8) is 0 Å². The Kier molecular flexibility index (Phi) is 6.05. The van der Waals surface area contributed by atoms with Crippen LogP contribution in [0.4, 0.5) is 4.79 Å². The van der Waals surface area contributed by atoms with Gasteiger partial charge in [0.1, 0.15) is 0 Å². The number of carbonyl (C=O) groups excluding carboxylic acids is 1. The number of hydrogen-bond donors (Lipinski definition) is 3. The lowest BCUT2D eigenvalue weighted by atomic mass is 9.84. The minimum absolute atomic E-state index is 0.107. The van der Waals surface area contributed by atoms with E-state index >= 15 is 0 Å². The highest BCUT2D eigenvalue weighted by Gasteiger charge is 2.30. The van der Waals surface area contributed by atoms with Crippen molar-refractivity contribution >= 4 is 6.03 Å². The molecule has 1 saturated carbocycles. The van der Waals surface area contributed by atoms with Gasteiger partial charge in [-0.25, -0.2) is 4.79 Å². The number of urea groups is 1. The fourth-order valence-corrected chi connectivity index (χ4v) is 3.03. The third-order valence-electron chi connectivity index (χ3n) is 4.38.